The number of aliphatic hydroxyl groups is 2. The third-order valence-electron chi connectivity index (χ3n) is 10.2. The van der Waals surface area contributed by atoms with Gasteiger partial charge < -0.3 is 14.9 Å². The van der Waals surface area contributed by atoms with Crippen molar-refractivity contribution in [2.75, 3.05) is 6.61 Å². The number of ether oxygens (including phenoxy) is 1. The zero-order chi connectivity index (χ0) is 20.1. The van der Waals surface area contributed by atoms with Crippen LogP contribution in [0.1, 0.15) is 91.9 Å². The van der Waals surface area contributed by atoms with Crippen LogP contribution in [0.3, 0.4) is 0 Å². The van der Waals surface area contributed by atoms with E-state index in [1.807, 2.05) is 0 Å². The number of fused-ring (bicyclic) bond motifs is 5. The molecule has 162 valence electrons. The zero-order valence-electron chi connectivity index (χ0n) is 18.7. The van der Waals surface area contributed by atoms with Crippen molar-refractivity contribution in [1.82, 2.24) is 0 Å². The van der Waals surface area contributed by atoms with Gasteiger partial charge in [0.25, 0.3) is 0 Å². The molecule has 0 spiro atoms. The molecule has 0 aromatic carbocycles. The van der Waals surface area contributed by atoms with Gasteiger partial charge in [-0.1, -0.05) is 27.7 Å². The summed E-state index contributed by atoms with van der Waals surface area (Å²) in [4.78, 5) is 0. The molecule has 3 heteroatoms. The second kappa shape index (κ2) is 7.85. The Labute approximate surface area is 172 Å². The lowest BCUT2D eigenvalue weighted by Gasteiger charge is -2.62. The topological polar surface area (TPSA) is 49.7 Å². The normalized spacial score (nSPS) is 51.9. The van der Waals surface area contributed by atoms with Gasteiger partial charge in [-0.25, -0.2) is 0 Å². The minimum Gasteiger partial charge on any atom is -0.393 e. The van der Waals surface area contributed by atoms with E-state index < -0.39 is 0 Å². The number of aliphatic hydroxyl groups excluding tert-OH is 2. The smallest absolute Gasteiger partial charge is 0.0839 e. The Morgan fingerprint density at radius 2 is 1.75 bits per heavy atom. The summed E-state index contributed by atoms with van der Waals surface area (Å²) in [5, 5.41) is 21.4. The monoisotopic (exact) mass is 392 g/mol. The van der Waals surface area contributed by atoms with E-state index in [-0.39, 0.29) is 18.3 Å². The van der Waals surface area contributed by atoms with Gasteiger partial charge >= 0.3 is 0 Å². The molecular weight excluding hydrogens is 348 g/mol. The Balaban J connectivity index is 1.55. The van der Waals surface area contributed by atoms with E-state index in [4.69, 9.17) is 4.74 Å². The average Bonchev–Trinajstić information content (AvgIpc) is 3.03. The summed E-state index contributed by atoms with van der Waals surface area (Å²) in [5.41, 5.74) is 0.662. The summed E-state index contributed by atoms with van der Waals surface area (Å²) >= 11 is 0. The molecule has 0 aromatic heterocycles. The summed E-state index contributed by atoms with van der Waals surface area (Å²) in [7, 11) is 0. The Hall–Kier alpha value is -0.120. The van der Waals surface area contributed by atoms with Gasteiger partial charge in [-0.05, 0) is 105 Å². The highest BCUT2D eigenvalue weighted by Crippen LogP contribution is 2.68. The highest BCUT2D eigenvalue weighted by molar-refractivity contribution is 5.11. The molecule has 0 bridgehead atoms. The van der Waals surface area contributed by atoms with E-state index in [9.17, 15) is 10.2 Å². The van der Waals surface area contributed by atoms with E-state index in [1.165, 1.54) is 38.5 Å². The molecule has 4 aliphatic carbocycles. The van der Waals surface area contributed by atoms with Crippen molar-refractivity contribution in [1.29, 1.82) is 0 Å². The van der Waals surface area contributed by atoms with Crippen molar-refractivity contribution in [2.45, 2.75) is 110 Å². The van der Waals surface area contributed by atoms with Gasteiger partial charge in [-0.15, -0.1) is 0 Å². The summed E-state index contributed by atoms with van der Waals surface area (Å²) in [5.74, 6) is 3.55. The molecule has 0 aliphatic heterocycles. The van der Waals surface area contributed by atoms with Crippen LogP contribution in [0.15, 0.2) is 0 Å². The average molecular weight is 393 g/mol. The molecule has 0 heterocycles. The Morgan fingerprint density at radius 3 is 2.46 bits per heavy atom. The standard InChI is InChI=1S/C25H44O3/c1-5-13-28-23-15-25(4)16(14-22(23)27)7-8-17-18-9-10-20(21(26)6-2)24(18,3)12-11-19(17)25/h16-23,26-27H,5-15H2,1-4H3/t16-,17-,18-,19-,20+,21-,22-,23-,24-,25-/m0/s1. The van der Waals surface area contributed by atoms with Crippen LogP contribution in [0.25, 0.3) is 0 Å². The van der Waals surface area contributed by atoms with Gasteiger partial charge in [0, 0.05) is 6.61 Å². The SMILES string of the molecule is CCCO[C@H]1C[C@@]2(C)[C@@H](CC[C@@H]3[C@@H]2CC[C@]2(C)[C@@H]([C@@H](O)CC)CC[C@@H]32)C[C@@H]1O. The van der Waals surface area contributed by atoms with E-state index in [1.54, 1.807) is 0 Å². The van der Waals surface area contributed by atoms with Crippen molar-refractivity contribution in [2.24, 2.45) is 40.4 Å². The van der Waals surface area contributed by atoms with Gasteiger partial charge in [0.15, 0.2) is 0 Å². The molecule has 4 rings (SSSR count). The van der Waals surface area contributed by atoms with Crippen LogP contribution >= 0.6 is 0 Å². The van der Waals surface area contributed by atoms with Gasteiger partial charge in [0.2, 0.25) is 0 Å². The van der Waals surface area contributed by atoms with Crippen molar-refractivity contribution in [3.63, 3.8) is 0 Å². The molecule has 28 heavy (non-hydrogen) atoms. The fourth-order valence-corrected chi connectivity index (χ4v) is 8.65. The predicted molar refractivity (Wildman–Crippen MR) is 113 cm³/mol. The van der Waals surface area contributed by atoms with Gasteiger partial charge in [0.1, 0.15) is 0 Å². The van der Waals surface area contributed by atoms with E-state index >= 15 is 0 Å². The maximum absolute atomic E-state index is 10.7. The van der Waals surface area contributed by atoms with Crippen LogP contribution in [0.5, 0.6) is 0 Å². The first-order valence-corrected chi connectivity index (χ1v) is 12.3. The van der Waals surface area contributed by atoms with Crippen LogP contribution in [-0.2, 0) is 4.74 Å². The Kier molecular flexibility index (Phi) is 5.92. The summed E-state index contributed by atoms with van der Waals surface area (Å²) in [6, 6.07) is 0. The number of hydrogen-bond acceptors (Lipinski definition) is 3. The quantitative estimate of drug-likeness (QED) is 0.677. The molecule has 2 N–H and O–H groups in total. The Morgan fingerprint density at radius 1 is 1.00 bits per heavy atom. The molecule has 4 saturated carbocycles. The molecule has 3 nitrogen and oxygen atoms in total. The highest BCUT2D eigenvalue weighted by atomic mass is 16.5. The molecular formula is C25H44O3. The zero-order valence-corrected chi connectivity index (χ0v) is 18.7. The maximum atomic E-state index is 10.7. The second-order valence-corrected chi connectivity index (χ2v) is 11.3. The molecule has 4 fully saturated rings. The van der Waals surface area contributed by atoms with Crippen LogP contribution in [0, 0.1) is 40.4 Å². The van der Waals surface area contributed by atoms with Crippen LogP contribution in [0.2, 0.25) is 0 Å². The highest BCUT2D eigenvalue weighted by Gasteiger charge is 2.61. The lowest BCUT2D eigenvalue weighted by atomic mass is 9.44. The van der Waals surface area contributed by atoms with E-state index in [2.05, 4.69) is 27.7 Å². The van der Waals surface area contributed by atoms with Gasteiger partial charge in [-0.2, -0.15) is 0 Å². The lowest BCUT2D eigenvalue weighted by molar-refractivity contribution is -0.174. The van der Waals surface area contributed by atoms with Crippen LogP contribution < -0.4 is 0 Å². The van der Waals surface area contributed by atoms with Crippen molar-refractivity contribution >= 4 is 0 Å². The molecule has 4 aliphatic rings. The van der Waals surface area contributed by atoms with Gasteiger partial charge in [-0.3, -0.25) is 0 Å². The molecule has 0 radical (unpaired) electrons. The maximum Gasteiger partial charge on any atom is 0.0839 e. The first kappa shape index (κ1) is 21.1. The molecule has 0 aromatic rings. The van der Waals surface area contributed by atoms with Crippen LogP contribution in [-0.4, -0.2) is 35.1 Å². The summed E-state index contributed by atoms with van der Waals surface area (Å²) in [6.45, 7) is 10.1. The number of hydrogen-bond donors (Lipinski definition) is 2. The van der Waals surface area contributed by atoms with Gasteiger partial charge in [0.05, 0.1) is 18.3 Å². The van der Waals surface area contributed by atoms with Crippen molar-refractivity contribution in [3.05, 3.63) is 0 Å². The lowest BCUT2D eigenvalue weighted by Crippen LogP contribution is -2.57. The molecule has 10 atom stereocenters. The van der Waals surface area contributed by atoms with Crippen molar-refractivity contribution in [3.8, 4) is 0 Å². The fraction of sp³-hybridized carbons (Fsp3) is 1.00. The number of rotatable bonds is 5. The Bertz CT molecular complexity index is 550. The first-order chi connectivity index (χ1) is 13.3. The molecule has 0 saturated heterocycles. The minimum absolute atomic E-state index is 0.0338. The van der Waals surface area contributed by atoms with Crippen LogP contribution in [0.4, 0.5) is 0 Å². The molecule has 0 unspecified atom stereocenters. The van der Waals surface area contributed by atoms with E-state index in [0.717, 1.165) is 50.0 Å². The third-order valence-corrected chi connectivity index (χ3v) is 10.2. The summed E-state index contributed by atoms with van der Waals surface area (Å²) in [6.07, 6.45) is 11.3. The third kappa shape index (κ3) is 3.19. The molecule has 0 amide bonds. The van der Waals surface area contributed by atoms with E-state index in [0.29, 0.717) is 22.7 Å². The minimum atomic E-state index is -0.273. The first-order valence-electron chi connectivity index (χ1n) is 12.3. The fourth-order valence-electron chi connectivity index (χ4n) is 8.65. The second-order valence-electron chi connectivity index (χ2n) is 11.3. The predicted octanol–water partition coefficient (Wildman–Crippen LogP) is 5.18. The summed E-state index contributed by atoms with van der Waals surface area (Å²) < 4.78 is 6.12. The van der Waals surface area contributed by atoms with Crippen molar-refractivity contribution < 1.29 is 14.9 Å². The largest absolute Gasteiger partial charge is 0.393 e.